The average molecular weight is 377 g/mol. The molecule has 0 N–H and O–H groups in total. The number of halogens is 2. The third kappa shape index (κ3) is 3.28. The maximum Gasteiger partial charge on any atom is 0.0805 e. The van der Waals surface area contributed by atoms with Gasteiger partial charge in [-0.1, -0.05) is 37.9 Å². The van der Waals surface area contributed by atoms with Crippen LogP contribution in [-0.4, -0.2) is 24.8 Å². The van der Waals surface area contributed by atoms with E-state index in [1.807, 2.05) is 0 Å². The predicted molar refractivity (Wildman–Crippen MR) is 83.6 cm³/mol. The summed E-state index contributed by atoms with van der Waals surface area (Å²) in [4.78, 5) is 2.43. The third-order valence-electron chi connectivity index (χ3n) is 3.10. The van der Waals surface area contributed by atoms with Gasteiger partial charge in [0.15, 0.2) is 0 Å². The number of hydrogen-bond acceptors (Lipinski definition) is 2. The van der Waals surface area contributed by atoms with Crippen molar-refractivity contribution in [2.24, 2.45) is 0 Å². The van der Waals surface area contributed by atoms with Crippen molar-refractivity contribution < 1.29 is 4.74 Å². The first kappa shape index (κ1) is 14.4. The van der Waals surface area contributed by atoms with E-state index in [-0.39, 0.29) is 11.7 Å². The summed E-state index contributed by atoms with van der Waals surface area (Å²) in [5.74, 6) is 0. The van der Waals surface area contributed by atoms with E-state index >= 15 is 0 Å². The molecule has 1 saturated heterocycles. The van der Waals surface area contributed by atoms with Crippen LogP contribution in [0.5, 0.6) is 0 Å². The topological polar surface area (TPSA) is 12.5 Å². The minimum Gasteiger partial charge on any atom is -0.369 e. The van der Waals surface area contributed by atoms with Gasteiger partial charge in [0.05, 0.1) is 11.7 Å². The maximum absolute atomic E-state index is 5.96. The lowest BCUT2D eigenvalue weighted by atomic mass is 10.0. The third-order valence-corrected chi connectivity index (χ3v) is 4.20. The SMILES string of the molecule is CC1CN(c2cc(Br)ccc2CBr)CC(C)(C)O1. The molecular weight excluding hydrogens is 358 g/mol. The van der Waals surface area contributed by atoms with Gasteiger partial charge in [0.2, 0.25) is 0 Å². The molecule has 0 saturated carbocycles. The average Bonchev–Trinajstić information content (AvgIpc) is 2.26. The zero-order chi connectivity index (χ0) is 13.3. The predicted octanol–water partition coefficient (Wildman–Crippen LogP) is 4.35. The first-order chi connectivity index (χ1) is 8.41. The standard InChI is InChI=1S/C14H19Br2NO/c1-10-8-17(9-14(2,3)18-10)13-6-12(16)5-4-11(13)7-15/h4-6,10H,7-9H2,1-3H3. The number of hydrogen-bond donors (Lipinski definition) is 0. The van der Waals surface area contributed by atoms with Gasteiger partial charge in [0.1, 0.15) is 0 Å². The minimum absolute atomic E-state index is 0.0937. The molecule has 18 heavy (non-hydrogen) atoms. The van der Waals surface area contributed by atoms with Gasteiger partial charge >= 0.3 is 0 Å². The molecule has 1 aromatic carbocycles. The second-order valence-corrected chi connectivity index (χ2v) is 6.95. The molecule has 0 bridgehead atoms. The van der Waals surface area contributed by atoms with E-state index in [1.165, 1.54) is 11.3 Å². The van der Waals surface area contributed by atoms with Crippen LogP contribution in [0.2, 0.25) is 0 Å². The van der Waals surface area contributed by atoms with Gasteiger partial charge in [-0.2, -0.15) is 0 Å². The molecule has 0 aliphatic carbocycles. The van der Waals surface area contributed by atoms with Gasteiger partial charge in [-0.3, -0.25) is 0 Å². The molecule has 1 aromatic rings. The lowest BCUT2D eigenvalue weighted by molar-refractivity contribution is -0.0750. The molecule has 1 atom stereocenters. The molecule has 1 fully saturated rings. The molecule has 0 aromatic heterocycles. The largest absolute Gasteiger partial charge is 0.369 e. The summed E-state index contributed by atoms with van der Waals surface area (Å²) in [6.07, 6.45) is 0.260. The summed E-state index contributed by atoms with van der Waals surface area (Å²) in [5.41, 5.74) is 2.52. The first-order valence-corrected chi connectivity index (χ1v) is 8.10. The molecule has 0 radical (unpaired) electrons. The zero-order valence-electron chi connectivity index (χ0n) is 11.0. The molecule has 1 aliphatic heterocycles. The van der Waals surface area contributed by atoms with Crippen molar-refractivity contribution in [2.45, 2.75) is 37.8 Å². The van der Waals surface area contributed by atoms with E-state index in [0.29, 0.717) is 0 Å². The highest BCUT2D eigenvalue weighted by atomic mass is 79.9. The van der Waals surface area contributed by atoms with Crippen molar-refractivity contribution >= 4 is 37.5 Å². The molecule has 100 valence electrons. The fraction of sp³-hybridized carbons (Fsp3) is 0.571. The van der Waals surface area contributed by atoms with Crippen molar-refractivity contribution in [2.75, 3.05) is 18.0 Å². The molecule has 0 amide bonds. The number of alkyl halides is 1. The maximum atomic E-state index is 5.96. The Morgan fingerprint density at radius 1 is 1.44 bits per heavy atom. The lowest BCUT2D eigenvalue weighted by Gasteiger charge is -2.43. The summed E-state index contributed by atoms with van der Waals surface area (Å²) in [5, 5.41) is 0.877. The summed E-state index contributed by atoms with van der Waals surface area (Å²) < 4.78 is 7.09. The Morgan fingerprint density at radius 3 is 2.78 bits per heavy atom. The fourth-order valence-corrected chi connectivity index (χ4v) is 3.40. The van der Waals surface area contributed by atoms with Crippen LogP contribution >= 0.6 is 31.9 Å². The second kappa shape index (κ2) is 5.51. The molecule has 4 heteroatoms. The van der Waals surface area contributed by atoms with Gasteiger partial charge in [0, 0.05) is 28.6 Å². The number of rotatable bonds is 2. The van der Waals surface area contributed by atoms with Gasteiger partial charge in [0.25, 0.3) is 0 Å². The van der Waals surface area contributed by atoms with Gasteiger partial charge in [-0.25, -0.2) is 0 Å². The van der Waals surface area contributed by atoms with Crippen LogP contribution in [0.15, 0.2) is 22.7 Å². The van der Waals surface area contributed by atoms with E-state index in [9.17, 15) is 0 Å². The van der Waals surface area contributed by atoms with Gasteiger partial charge in [-0.15, -0.1) is 0 Å². The summed E-state index contributed by atoms with van der Waals surface area (Å²) >= 11 is 7.13. The van der Waals surface area contributed by atoms with Crippen LogP contribution in [0.3, 0.4) is 0 Å². The molecule has 2 nitrogen and oxygen atoms in total. The lowest BCUT2D eigenvalue weighted by Crippen LogP contribution is -2.52. The van der Waals surface area contributed by atoms with E-state index in [4.69, 9.17) is 4.74 Å². The van der Waals surface area contributed by atoms with Crippen molar-refractivity contribution in [3.05, 3.63) is 28.2 Å². The van der Waals surface area contributed by atoms with E-state index in [2.05, 4.69) is 75.7 Å². The van der Waals surface area contributed by atoms with E-state index in [1.54, 1.807) is 0 Å². The molecule has 0 spiro atoms. The Labute approximate surface area is 126 Å². The monoisotopic (exact) mass is 375 g/mol. The van der Waals surface area contributed by atoms with Crippen LogP contribution in [0.4, 0.5) is 5.69 Å². The van der Waals surface area contributed by atoms with Crippen LogP contribution in [-0.2, 0) is 10.1 Å². The van der Waals surface area contributed by atoms with Crippen LogP contribution in [0.25, 0.3) is 0 Å². The fourth-order valence-electron chi connectivity index (χ4n) is 2.58. The normalized spacial score (nSPS) is 23.2. The Balaban J connectivity index is 2.32. The number of anilines is 1. The molecule has 1 unspecified atom stereocenters. The zero-order valence-corrected chi connectivity index (χ0v) is 14.2. The van der Waals surface area contributed by atoms with Crippen LogP contribution in [0, 0.1) is 0 Å². The van der Waals surface area contributed by atoms with E-state index in [0.717, 1.165) is 22.9 Å². The van der Waals surface area contributed by atoms with Crippen molar-refractivity contribution in [3.63, 3.8) is 0 Å². The molecule has 1 aliphatic rings. The molecule has 2 rings (SSSR count). The highest BCUT2D eigenvalue weighted by molar-refractivity contribution is 9.10. The Bertz CT molecular complexity index is 434. The van der Waals surface area contributed by atoms with Crippen molar-refractivity contribution in [1.29, 1.82) is 0 Å². The highest BCUT2D eigenvalue weighted by Crippen LogP contribution is 2.31. The Kier molecular flexibility index (Phi) is 4.40. The van der Waals surface area contributed by atoms with Crippen molar-refractivity contribution in [1.82, 2.24) is 0 Å². The number of benzene rings is 1. The van der Waals surface area contributed by atoms with Crippen molar-refractivity contribution in [3.8, 4) is 0 Å². The summed E-state index contributed by atoms with van der Waals surface area (Å²) in [7, 11) is 0. The Hall–Kier alpha value is -0.0600. The first-order valence-electron chi connectivity index (χ1n) is 6.18. The number of ether oxygens (including phenoxy) is 1. The summed E-state index contributed by atoms with van der Waals surface area (Å²) in [6, 6.07) is 6.46. The number of nitrogens with zero attached hydrogens (tertiary/aromatic N) is 1. The summed E-state index contributed by atoms with van der Waals surface area (Å²) in [6.45, 7) is 8.32. The molecular formula is C14H19Br2NO. The number of morpholine rings is 1. The van der Waals surface area contributed by atoms with Gasteiger partial charge in [-0.05, 0) is 38.5 Å². The quantitative estimate of drug-likeness (QED) is 0.711. The minimum atomic E-state index is -0.0937. The molecule has 1 heterocycles. The van der Waals surface area contributed by atoms with Crippen LogP contribution in [0.1, 0.15) is 26.3 Å². The smallest absolute Gasteiger partial charge is 0.0805 e. The van der Waals surface area contributed by atoms with E-state index < -0.39 is 0 Å². The van der Waals surface area contributed by atoms with Gasteiger partial charge < -0.3 is 9.64 Å². The second-order valence-electron chi connectivity index (χ2n) is 5.48. The van der Waals surface area contributed by atoms with Crippen LogP contribution < -0.4 is 4.90 Å². The highest BCUT2D eigenvalue weighted by Gasteiger charge is 2.32. The Morgan fingerprint density at radius 2 is 2.17 bits per heavy atom.